The van der Waals surface area contributed by atoms with Gasteiger partial charge in [0.25, 0.3) is 0 Å². The Kier molecular flexibility index (Phi) is 5.50. The molecule has 4 heteroatoms. The van der Waals surface area contributed by atoms with Crippen molar-refractivity contribution in [2.75, 3.05) is 7.11 Å². The van der Waals surface area contributed by atoms with Crippen LogP contribution in [0, 0.1) is 0 Å². The predicted octanol–water partition coefficient (Wildman–Crippen LogP) is -2.26. The van der Waals surface area contributed by atoms with E-state index in [0.717, 1.165) is 5.75 Å². The maximum atomic E-state index is 10.6. The number of methoxy groups -OCH3 is 1. The number of ether oxygens (including phenoxy) is 1. The van der Waals surface area contributed by atoms with Crippen LogP contribution in [0.5, 0.6) is 5.75 Å². The Bertz CT molecular complexity index is 258. The molecule has 0 unspecified atom stereocenters. The Labute approximate surface area is 98.8 Å². The van der Waals surface area contributed by atoms with Crippen LogP contribution in [0.4, 0.5) is 0 Å². The molecule has 1 aromatic rings. The predicted molar refractivity (Wildman–Crippen MR) is 44.7 cm³/mol. The van der Waals surface area contributed by atoms with Crippen LogP contribution in [-0.4, -0.2) is 12.2 Å². The Morgan fingerprint density at radius 2 is 1.83 bits per heavy atom. The quantitative estimate of drug-likeness (QED) is 0.389. The molecular formula is C8H7NaO2S. The average Bonchev–Trinajstić information content (AvgIpc) is 2.05. The molecule has 0 bridgehead atoms. The van der Waals surface area contributed by atoms with E-state index in [1.807, 2.05) is 0 Å². The molecule has 0 aliphatic carbocycles. The SMILES string of the molecule is COc1ccc(C([O-])=S)cc1.[Na+]. The summed E-state index contributed by atoms with van der Waals surface area (Å²) >= 11 is 4.45. The van der Waals surface area contributed by atoms with Gasteiger partial charge in [0.2, 0.25) is 0 Å². The first-order chi connectivity index (χ1) is 5.24. The van der Waals surface area contributed by atoms with Crippen molar-refractivity contribution in [1.29, 1.82) is 0 Å². The van der Waals surface area contributed by atoms with E-state index in [0.29, 0.717) is 5.56 Å². The van der Waals surface area contributed by atoms with E-state index in [1.165, 1.54) is 0 Å². The van der Waals surface area contributed by atoms with E-state index in [2.05, 4.69) is 12.2 Å². The molecule has 0 heterocycles. The maximum absolute atomic E-state index is 10.6. The van der Waals surface area contributed by atoms with E-state index in [9.17, 15) is 5.11 Å². The number of hydrogen-bond acceptors (Lipinski definition) is 3. The standard InChI is InChI=1S/C8H8O2S.Na/c1-10-7-4-2-6(3-5-7)8(9)11;/h2-5H,1H3,(H,9,11);/q;+1/p-1. The molecule has 0 amide bonds. The minimum atomic E-state index is -0.340. The zero-order valence-corrected chi connectivity index (χ0v) is 9.85. The molecular weight excluding hydrogens is 183 g/mol. The van der Waals surface area contributed by atoms with Crippen LogP contribution in [-0.2, 0) is 0 Å². The average molecular weight is 190 g/mol. The van der Waals surface area contributed by atoms with Crippen molar-refractivity contribution in [2.24, 2.45) is 0 Å². The Morgan fingerprint density at radius 3 is 2.17 bits per heavy atom. The molecule has 2 nitrogen and oxygen atoms in total. The molecule has 12 heavy (non-hydrogen) atoms. The van der Waals surface area contributed by atoms with Gasteiger partial charge >= 0.3 is 29.6 Å². The topological polar surface area (TPSA) is 32.3 Å². The van der Waals surface area contributed by atoms with Crippen LogP contribution in [0.15, 0.2) is 24.3 Å². The number of hydrogen-bond donors (Lipinski definition) is 0. The number of thiocarbonyl (C=S) groups is 1. The molecule has 0 spiro atoms. The van der Waals surface area contributed by atoms with Gasteiger partial charge in [-0.15, -0.1) is 0 Å². The van der Waals surface area contributed by atoms with Crippen LogP contribution in [0.1, 0.15) is 5.56 Å². The summed E-state index contributed by atoms with van der Waals surface area (Å²) in [7, 11) is 1.57. The second-order valence-corrected chi connectivity index (χ2v) is 2.39. The minimum Gasteiger partial charge on any atom is -0.864 e. The second-order valence-electron chi connectivity index (χ2n) is 2.02. The summed E-state index contributed by atoms with van der Waals surface area (Å²) in [5, 5.41) is 10.3. The summed E-state index contributed by atoms with van der Waals surface area (Å²) < 4.78 is 4.90. The molecule has 0 atom stereocenters. The van der Waals surface area contributed by atoms with Crippen LogP contribution >= 0.6 is 12.2 Å². The maximum Gasteiger partial charge on any atom is 1.00 e. The molecule has 58 valence electrons. The zero-order chi connectivity index (χ0) is 8.27. The van der Waals surface area contributed by atoms with Gasteiger partial charge in [-0.1, -0.05) is 24.4 Å². The Morgan fingerprint density at radius 1 is 1.33 bits per heavy atom. The summed E-state index contributed by atoms with van der Waals surface area (Å²) in [6, 6.07) is 6.71. The van der Waals surface area contributed by atoms with E-state index >= 15 is 0 Å². The van der Waals surface area contributed by atoms with Crippen molar-refractivity contribution >= 4 is 17.3 Å². The third-order valence-corrected chi connectivity index (χ3v) is 1.56. The largest absolute Gasteiger partial charge is 1.00 e. The molecule has 0 saturated carbocycles. The van der Waals surface area contributed by atoms with Crippen molar-refractivity contribution in [3.05, 3.63) is 29.8 Å². The molecule has 0 aliphatic rings. The summed E-state index contributed by atoms with van der Waals surface area (Å²) in [5.41, 5.74) is 0.529. The fraction of sp³-hybridized carbons (Fsp3) is 0.125. The second kappa shape index (κ2) is 5.54. The smallest absolute Gasteiger partial charge is 0.864 e. The van der Waals surface area contributed by atoms with Crippen LogP contribution in [0.3, 0.4) is 0 Å². The van der Waals surface area contributed by atoms with Gasteiger partial charge in [0, 0.05) is 0 Å². The fourth-order valence-electron chi connectivity index (χ4n) is 0.727. The molecule has 0 aliphatic heterocycles. The zero-order valence-electron chi connectivity index (χ0n) is 7.03. The van der Waals surface area contributed by atoms with Crippen molar-refractivity contribution < 1.29 is 39.4 Å². The van der Waals surface area contributed by atoms with E-state index in [-0.39, 0.29) is 34.6 Å². The van der Waals surface area contributed by atoms with Gasteiger partial charge in [-0.05, 0) is 22.7 Å². The van der Waals surface area contributed by atoms with E-state index in [1.54, 1.807) is 31.4 Å². The first-order valence-corrected chi connectivity index (χ1v) is 3.50. The summed E-state index contributed by atoms with van der Waals surface area (Å²) in [6.45, 7) is 0. The first-order valence-electron chi connectivity index (χ1n) is 3.09. The molecule has 0 aromatic heterocycles. The van der Waals surface area contributed by atoms with Crippen molar-refractivity contribution in [1.82, 2.24) is 0 Å². The summed E-state index contributed by atoms with van der Waals surface area (Å²) in [4.78, 5) is 0. The van der Waals surface area contributed by atoms with E-state index in [4.69, 9.17) is 4.74 Å². The molecule has 0 fully saturated rings. The monoisotopic (exact) mass is 190 g/mol. The van der Waals surface area contributed by atoms with Gasteiger partial charge < -0.3 is 9.84 Å². The van der Waals surface area contributed by atoms with Crippen molar-refractivity contribution in [3.8, 4) is 5.75 Å². The van der Waals surface area contributed by atoms with Crippen LogP contribution in [0.2, 0.25) is 0 Å². The summed E-state index contributed by atoms with van der Waals surface area (Å²) in [6.07, 6.45) is 0. The van der Waals surface area contributed by atoms with Crippen molar-refractivity contribution in [3.63, 3.8) is 0 Å². The molecule has 1 rings (SSSR count). The Hall–Kier alpha value is -0.0900. The fourth-order valence-corrected chi connectivity index (χ4v) is 0.863. The molecule has 0 N–H and O–H groups in total. The van der Waals surface area contributed by atoms with Crippen LogP contribution < -0.4 is 39.4 Å². The van der Waals surface area contributed by atoms with Crippen LogP contribution in [0.25, 0.3) is 0 Å². The minimum absolute atomic E-state index is 0. The van der Waals surface area contributed by atoms with Gasteiger partial charge in [-0.25, -0.2) is 0 Å². The van der Waals surface area contributed by atoms with Gasteiger partial charge in [0.1, 0.15) is 5.75 Å². The van der Waals surface area contributed by atoms with E-state index < -0.39 is 0 Å². The number of benzene rings is 1. The van der Waals surface area contributed by atoms with Gasteiger partial charge in [-0.3, -0.25) is 0 Å². The molecule has 0 radical (unpaired) electrons. The van der Waals surface area contributed by atoms with Gasteiger partial charge in [0.05, 0.1) is 7.11 Å². The van der Waals surface area contributed by atoms with Gasteiger partial charge in [-0.2, -0.15) is 0 Å². The third kappa shape index (κ3) is 3.11. The Balaban J connectivity index is 0.00000121. The molecule has 0 saturated heterocycles. The third-order valence-electron chi connectivity index (χ3n) is 1.33. The first kappa shape index (κ1) is 11.9. The number of rotatable bonds is 2. The van der Waals surface area contributed by atoms with Gasteiger partial charge in [0.15, 0.2) is 0 Å². The molecule has 1 aromatic carbocycles. The summed E-state index contributed by atoms with van der Waals surface area (Å²) in [5.74, 6) is 0.727. The normalized spacial score (nSPS) is 8.42. The van der Waals surface area contributed by atoms with Crippen molar-refractivity contribution in [2.45, 2.75) is 0 Å².